The van der Waals surface area contributed by atoms with Crippen molar-refractivity contribution in [3.8, 4) is 0 Å². The van der Waals surface area contributed by atoms with E-state index in [1.54, 1.807) is 0 Å². The van der Waals surface area contributed by atoms with Crippen molar-refractivity contribution in [3.63, 3.8) is 0 Å². The SMILES string of the molecule is N=C(C(N)=O)C(N)=S. The van der Waals surface area contributed by atoms with Crippen molar-refractivity contribution in [1.82, 2.24) is 0 Å². The third-order valence-corrected chi connectivity index (χ3v) is 0.697. The van der Waals surface area contributed by atoms with Crippen molar-refractivity contribution in [2.45, 2.75) is 0 Å². The molecule has 0 saturated heterocycles. The van der Waals surface area contributed by atoms with Gasteiger partial charge in [-0.1, -0.05) is 12.2 Å². The molecule has 5 N–H and O–H groups in total. The second-order valence-electron chi connectivity index (χ2n) is 1.10. The fraction of sp³-hybridized carbons (Fsp3) is 0. The number of carbonyl (C=O) groups excluding carboxylic acids is 1. The number of thiocarbonyl (C=S) groups is 1. The van der Waals surface area contributed by atoms with Crippen LogP contribution in [0.25, 0.3) is 0 Å². The Labute approximate surface area is 51.4 Å². The van der Waals surface area contributed by atoms with E-state index in [1.165, 1.54) is 0 Å². The first-order valence-corrected chi connectivity index (χ1v) is 2.14. The lowest BCUT2D eigenvalue weighted by molar-refractivity contribution is -0.111. The minimum absolute atomic E-state index is 0.266. The Bertz CT molecular complexity index is 137. The summed E-state index contributed by atoms with van der Waals surface area (Å²) in [6, 6.07) is 0. The van der Waals surface area contributed by atoms with Gasteiger partial charge in [0, 0.05) is 0 Å². The average Bonchev–Trinajstić information content (AvgIpc) is 1.64. The van der Waals surface area contributed by atoms with Crippen LogP contribution >= 0.6 is 12.2 Å². The van der Waals surface area contributed by atoms with Crippen LogP contribution in [0.5, 0.6) is 0 Å². The van der Waals surface area contributed by atoms with Crippen LogP contribution in [0.2, 0.25) is 0 Å². The monoisotopic (exact) mass is 131 g/mol. The first kappa shape index (κ1) is 7.03. The van der Waals surface area contributed by atoms with Crippen LogP contribution in [-0.4, -0.2) is 16.6 Å². The van der Waals surface area contributed by atoms with E-state index in [9.17, 15) is 4.79 Å². The molecule has 0 aliphatic heterocycles. The van der Waals surface area contributed by atoms with Crippen molar-refractivity contribution in [3.05, 3.63) is 0 Å². The highest BCUT2D eigenvalue weighted by atomic mass is 32.1. The summed E-state index contributed by atoms with van der Waals surface area (Å²) in [6.45, 7) is 0. The first-order chi connectivity index (χ1) is 3.55. The quantitative estimate of drug-likeness (QED) is 0.324. The third kappa shape index (κ3) is 1.65. The number of hydrogen-bond acceptors (Lipinski definition) is 3. The molecule has 0 saturated carbocycles. The molecule has 0 heterocycles. The van der Waals surface area contributed by atoms with Crippen LogP contribution in [0.3, 0.4) is 0 Å². The smallest absolute Gasteiger partial charge is 0.269 e. The fourth-order valence-electron chi connectivity index (χ4n) is 0.121. The first-order valence-electron chi connectivity index (χ1n) is 1.74. The van der Waals surface area contributed by atoms with E-state index in [0.717, 1.165) is 0 Å². The minimum Gasteiger partial charge on any atom is -0.388 e. The highest BCUT2D eigenvalue weighted by molar-refractivity contribution is 7.82. The van der Waals surface area contributed by atoms with Gasteiger partial charge < -0.3 is 11.5 Å². The topological polar surface area (TPSA) is 93.0 Å². The molecular weight excluding hydrogens is 126 g/mol. The van der Waals surface area contributed by atoms with Crippen LogP contribution in [0, 0.1) is 5.41 Å². The van der Waals surface area contributed by atoms with E-state index in [-0.39, 0.29) is 4.99 Å². The van der Waals surface area contributed by atoms with Gasteiger partial charge in [-0.2, -0.15) is 0 Å². The molecule has 0 spiro atoms. The Morgan fingerprint density at radius 1 is 1.50 bits per heavy atom. The van der Waals surface area contributed by atoms with Gasteiger partial charge in [0.1, 0.15) is 4.99 Å². The molecule has 4 nitrogen and oxygen atoms in total. The van der Waals surface area contributed by atoms with Crippen LogP contribution < -0.4 is 11.5 Å². The molecule has 0 aromatic rings. The Hall–Kier alpha value is -0.970. The summed E-state index contributed by atoms with van der Waals surface area (Å²) >= 11 is 4.25. The molecule has 0 bridgehead atoms. The highest BCUT2D eigenvalue weighted by Crippen LogP contribution is 1.69. The highest BCUT2D eigenvalue weighted by Gasteiger charge is 2.04. The predicted octanol–water partition coefficient (Wildman–Crippen LogP) is -1.22. The number of hydrogen-bond donors (Lipinski definition) is 3. The van der Waals surface area contributed by atoms with Crippen molar-refractivity contribution < 1.29 is 4.79 Å². The van der Waals surface area contributed by atoms with Crippen LogP contribution in [-0.2, 0) is 4.79 Å². The molecule has 1 amide bonds. The van der Waals surface area contributed by atoms with Crippen molar-refractivity contribution >= 4 is 28.8 Å². The van der Waals surface area contributed by atoms with E-state index in [4.69, 9.17) is 11.1 Å². The Morgan fingerprint density at radius 2 is 1.88 bits per heavy atom. The number of carbonyl (C=O) groups is 1. The molecule has 0 unspecified atom stereocenters. The molecule has 44 valence electrons. The van der Waals surface area contributed by atoms with Gasteiger partial charge in [0.15, 0.2) is 5.71 Å². The number of amides is 1. The van der Waals surface area contributed by atoms with E-state index < -0.39 is 11.6 Å². The maximum Gasteiger partial charge on any atom is 0.269 e. The predicted molar refractivity (Wildman–Crippen MR) is 33.7 cm³/mol. The van der Waals surface area contributed by atoms with E-state index in [1.807, 2.05) is 0 Å². The van der Waals surface area contributed by atoms with Crippen LogP contribution in [0.15, 0.2) is 0 Å². The standard InChI is InChI=1S/C3H5N3OS/c4-1(2(5)7)3(6)8/h4H,(H2,5,7)(H2,6,8). The average molecular weight is 131 g/mol. The van der Waals surface area contributed by atoms with Gasteiger partial charge in [-0.3, -0.25) is 10.2 Å². The summed E-state index contributed by atoms with van der Waals surface area (Å²) in [6.07, 6.45) is 0. The second kappa shape index (κ2) is 2.37. The van der Waals surface area contributed by atoms with Crippen molar-refractivity contribution in [2.24, 2.45) is 11.5 Å². The summed E-state index contributed by atoms with van der Waals surface area (Å²) in [4.78, 5) is 9.70. The summed E-state index contributed by atoms with van der Waals surface area (Å²) in [5, 5.41) is 6.66. The minimum atomic E-state index is -0.891. The van der Waals surface area contributed by atoms with Gasteiger partial charge in [0.05, 0.1) is 0 Å². The number of primary amides is 1. The molecule has 0 aliphatic carbocycles. The van der Waals surface area contributed by atoms with Gasteiger partial charge in [0.2, 0.25) is 0 Å². The van der Waals surface area contributed by atoms with Gasteiger partial charge in [-0.05, 0) is 0 Å². The van der Waals surface area contributed by atoms with Crippen molar-refractivity contribution in [1.29, 1.82) is 5.41 Å². The molecule has 0 radical (unpaired) electrons. The molecule has 5 heteroatoms. The van der Waals surface area contributed by atoms with Gasteiger partial charge in [0.25, 0.3) is 5.91 Å². The van der Waals surface area contributed by atoms with E-state index in [2.05, 4.69) is 18.0 Å². The van der Waals surface area contributed by atoms with E-state index in [0.29, 0.717) is 0 Å². The summed E-state index contributed by atoms with van der Waals surface area (Å²) in [5.41, 5.74) is 8.95. The number of nitrogens with two attached hydrogens (primary N) is 2. The molecular formula is C3H5N3OS. The zero-order valence-electron chi connectivity index (χ0n) is 3.97. The Morgan fingerprint density at radius 3 is 1.88 bits per heavy atom. The maximum absolute atomic E-state index is 9.97. The lowest BCUT2D eigenvalue weighted by Gasteiger charge is -1.90. The summed E-state index contributed by atoms with van der Waals surface area (Å²) in [7, 11) is 0. The van der Waals surface area contributed by atoms with E-state index >= 15 is 0 Å². The largest absolute Gasteiger partial charge is 0.388 e. The molecule has 0 rings (SSSR count). The molecule has 0 aromatic heterocycles. The molecule has 0 fully saturated rings. The Balaban J connectivity index is 4.05. The third-order valence-electron chi connectivity index (χ3n) is 0.493. The second-order valence-corrected chi connectivity index (χ2v) is 1.54. The zero-order valence-corrected chi connectivity index (χ0v) is 4.79. The molecule has 0 aromatic carbocycles. The van der Waals surface area contributed by atoms with Crippen LogP contribution in [0.1, 0.15) is 0 Å². The van der Waals surface area contributed by atoms with Crippen LogP contribution in [0.4, 0.5) is 0 Å². The molecule has 0 aliphatic rings. The lowest BCUT2D eigenvalue weighted by atomic mass is 10.4. The summed E-state index contributed by atoms with van der Waals surface area (Å²) in [5.74, 6) is -0.891. The van der Waals surface area contributed by atoms with Crippen molar-refractivity contribution in [2.75, 3.05) is 0 Å². The lowest BCUT2D eigenvalue weighted by Crippen LogP contribution is -2.33. The zero-order chi connectivity index (χ0) is 6.73. The molecule has 0 atom stereocenters. The van der Waals surface area contributed by atoms with Gasteiger partial charge >= 0.3 is 0 Å². The van der Waals surface area contributed by atoms with Gasteiger partial charge in [-0.25, -0.2) is 0 Å². The molecule has 8 heavy (non-hydrogen) atoms. The fourth-order valence-corrected chi connectivity index (χ4v) is 0.222. The number of nitrogens with one attached hydrogen (secondary N) is 1. The number of rotatable bonds is 2. The maximum atomic E-state index is 9.97. The Kier molecular flexibility index (Phi) is 2.08. The van der Waals surface area contributed by atoms with Gasteiger partial charge in [-0.15, -0.1) is 0 Å². The normalized spacial score (nSPS) is 8.00. The summed E-state index contributed by atoms with van der Waals surface area (Å²) < 4.78 is 0.